The van der Waals surface area contributed by atoms with Gasteiger partial charge in [-0.2, -0.15) is 0 Å². The summed E-state index contributed by atoms with van der Waals surface area (Å²) in [7, 11) is 2.22. The Morgan fingerprint density at radius 3 is 3.06 bits per heavy atom. The number of nitrogens with zero attached hydrogens (tertiary/aromatic N) is 2. The van der Waals surface area contributed by atoms with Crippen molar-refractivity contribution in [2.75, 3.05) is 12.5 Å². The van der Waals surface area contributed by atoms with Crippen molar-refractivity contribution in [1.82, 2.24) is 9.88 Å². The minimum atomic E-state index is 0.719. The van der Waals surface area contributed by atoms with E-state index in [-0.39, 0.29) is 0 Å². The predicted octanol–water partition coefficient (Wildman–Crippen LogP) is 2.38. The fourth-order valence-electron chi connectivity index (χ4n) is 2.87. The largest absolute Gasteiger partial charge is 0.308 e. The molecule has 3 N–H and O–H groups in total. The zero-order chi connectivity index (χ0) is 13.0. The number of hydrazine groups is 1. The number of aromatic nitrogens is 1. The zero-order valence-corrected chi connectivity index (χ0v) is 11.4. The van der Waals surface area contributed by atoms with Crippen LogP contribution in [-0.2, 0) is 6.54 Å². The molecule has 1 heterocycles. The number of rotatable bonds is 4. The summed E-state index contributed by atoms with van der Waals surface area (Å²) in [5.41, 5.74) is 3.86. The SMILES string of the molecule is CC1CCCC(N(C)Cc2ccnc(NN)c2)C1. The quantitative estimate of drug-likeness (QED) is 0.634. The number of pyridine rings is 1. The van der Waals surface area contributed by atoms with Crippen LogP contribution in [0, 0.1) is 5.92 Å². The first-order valence-corrected chi connectivity index (χ1v) is 6.81. The van der Waals surface area contributed by atoms with Crippen LogP contribution in [0.2, 0.25) is 0 Å². The lowest BCUT2D eigenvalue weighted by Crippen LogP contribution is -2.35. The van der Waals surface area contributed by atoms with Gasteiger partial charge in [-0.1, -0.05) is 19.8 Å². The molecule has 0 aliphatic heterocycles. The van der Waals surface area contributed by atoms with E-state index in [2.05, 4.69) is 35.3 Å². The maximum Gasteiger partial charge on any atom is 0.140 e. The van der Waals surface area contributed by atoms with Crippen molar-refractivity contribution in [2.24, 2.45) is 11.8 Å². The van der Waals surface area contributed by atoms with Crippen LogP contribution in [0.4, 0.5) is 5.82 Å². The van der Waals surface area contributed by atoms with Gasteiger partial charge in [0.1, 0.15) is 5.82 Å². The molecule has 1 saturated carbocycles. The van der Waals surface area contributed by atoms with Gasteiger partial charge in [0.15, 0.2) is 0 Å². The smallest absolute Gasteiger partial charge is 0.140 e. The van der Waals surface area contributed by atoms with Crippen LogP contribution in [0.15, 0.2) is 18.3 Å². The van der Waals surface area contributed by atoms with Crippen molar-refractivity contribution in [3.63, 3.8) is 0 Å². The van der Waals surface area contributed by atoms with E-state index in [1.54, 1.807) is 0 Å². The molecule has 18 heavy (non-hydrogen) atoms. The molecule has 0 spiro atoms. The molecule has 1 aromatic rings. The van der Waals surface area contributed by atoms with Crippen molar-refractivity contribution in [3.05, 3.63) is 23.9 Å². The Morgan fingerprint density at radius 2 is 2.33 bits per heavy atom. The van der Waals surface area contributed by atoms with Gasteiger partial charge in [-0.15, -0.1) is 0 Å². The molecule has 0 radical (unpaired) electrons. The van der Waals surface area contributed by atoms with Gasteiger partial charge in [-0.25, -0.2) is 10.8 Å². The van der Waals surface area contributed by atoms with Gasteiger partial charge in [0.25, 0.3) is 0 Å². The maximum absolute atomic E-state index is 5.38. The molecule has 0 aromatic carbocycles. The summed E-state index contributed by atoms with van der Waals surface area (Å²) in [6.45, 7) is 3.33. The molecule has 2 unspecified atom stereocenters. The second-order valence-electron chi connectivity index (χ2n) is 5.53. The third kappa shape index (κ3) is 3.43. The summed E-state index contributed by atoms with van der Waals surface area (Å²) < 4.78 is 0. The van der Waals surface area contributed by atoms with Gasteiger partial charge in [-0.3, -0.25) is 4.90 Å². The summed E-state index contributed by atoms with van der Waals surface area (Å²) in [4.78, 5) is 6.60. The molecular formula is C14H24N4. The van der Waals surface area contributed by atoms with Crippen LogP contribution in [0.1, 0.15) is 38.2 Å². The lowest BCUT2D eigenvalue weighted by Gasteiger charge is -2.34. The van der Waals surface area contributed by atoms with Gasteiger partial charge in [0.05, 0.1) is 0 Å². The molecule has 1 aromatic heterocycles. The van der Waals surface area contributed by atoms with Crippen molar-refractivity contribution in [2.45, 2.75) is 45.2 Å². The average molecular weight is 248 g/mol. The van der Waals surface area contributed by atoms with Crippen molar-refractivity contribution < 1.29 is 0 Å². The lowest BCUT2D eigenvalue weighted by molar-refractivity contribution is 0.157. The Bertz CT molecular complexity index is 380. The summed E-state index contributed by atoms with van der Waals surface area (Å²) >= 11 is 0. The van der Waals surface area contributed by atoms with E-state index in [1.807, 2.05) is 12.3 Å². The Kier molecular flexibility index (Phi) is 4.55. The summed E-state index contributed by atoms with van der Waals surface area (Å²) in [5.74, 6) is 6.98. The van der Waals surface area contributed by atoms with E-state index in [9.17, 15) is 0 Å². The van der Waals surface area contributed by atoms with Crippen LogP contribution in [0.3, 0.4) is 0 Å². The molecule has 1 fully saturated rings. The highest BCUT2D eigenvalue weighted by Crippen LogP contribution is 2.27. The first kappa shape index (κ1) is 13.3. The minimum absolute atomic E-state index is 0.719. The number of nitrogens with two attached hydrogens (primary N) is 1. The van der Waals surface area contributed by atoms with Crippen molar-refractivity contribution in [3.8, 4) is 0 Å². The van der Waals surface area contributed by atoms with E-state index in [4.69, 9.17) is 5.84 Å². The molecular weight excluding hydrogens is 224 g/mol. The molecule has 0 saturated heterocycles. The fourth-order valence-corrected chi connectivity index (χ4v) is 2.87. The topological polar surface area (TPSA) is 54.2 Å². The van der Waals surface area contributed by atoms with Crippen LogP contribution >= 0.6 is 0 Å². The van der Waals surface area contributed by atoms with Crippen LogP contribution < -0.4 is 11.3 Å². The predicted molar refractivity (Wildman–Crippen MR) is 74.9 cm³/mol. The fraction of sp³-hybridized carbons (Fsp3) is 0.643. The molecule has 0 amide bonds. The standard InChI is InChI=1S/C14H24N4/c1-11-4-3-5-13(8-11)18(2)10-12-6-7-16-14(9-12)17-15/h6-7,9,11,13H,3-5,8,10,15H2,1-2H3,(H,16,17). The molecule has 4 heteroatoms. The van der Waals surface area contributed by atoms with Gasteiger partial charge >= 0.3 is 0 Å². The first-order valence-electron chi connectivity index (χ1n) is 6.81. The molecule has 0 bridgehead atoms. The Labute approximate surface area is 110 Å². The van der Waals surface area contributed by atoms with Crippen LogP contribution in [0.5, 0.6) is 0 Å². The zero-order valence-electron chi connectivity index (χ0n) is 11.4. The van der Waals surface area contributed by atoms with E-state index in [0.29, 0.717) is 0 Å². The molecule has 4 nitrogen and oxygen atoms in total. The first-order chi connectivity index (χ1) is 8.69. The maximum atomic E-state index is 5.38. The highest BCUT2D eigenvalue weighted by Gasteiger charge is 2.22. The molecule has 2 rings (SSSR count). The third-order valence-electron chi connectivity index (χ3n) is 3.94. The number of nitrogens with one attached hydrogen (secondary N) is 1. The normalized spacial score (nSPS) is 24.2. The van der Waals surface area contributed by atoms with E-state index in [1.165, 1.54) is 31.2 Å². The molecule has 2 atom stereocenters. The van der Waals surface area contributed by atoms with E-state index in [0.717, 1.165) is 24.3 Å². The van der Waals surface area contributed by atoms with Gasteiger partial charge < -0.3 is 5.43 Å². The van der Waals surface area contributed by atoms with Gasteiger partial charge in [0, 0.05) is 18.8 Å². The summed E-state index contributed by atoms with van der Waals surface area (Å²) in [6, 6.07) is 4.79. The minimum Gasteiger partial charge on any atom is -0.308 e. The highest BCUT2D eigenvalue weighted by atomic mass is 15.2. The second kappa shape index (κ2) is 6.16. The second-order valence-corrected chi connectivity index (χ2v) is 5.53. The number of nitrogen functional groups attached to an aromatic ring is 1. The average Bonchev–Trinajstić information content (AvgIpc) is 2.39. The Morgan fingerprint density at radius 1 is 1.50 bits per heavy atom. The number of anilines is 1. The van der Waals surface area contributed by atoms with Crippen LogP contribution in [0.25, 0.3) is 0 Å². The van der Waals surface area contributed by atoms with Crippen molar-refractivity contribution in [1.29, 1.82) is 0 Å². The van der Waals surface area contributed by atoms with E-state index < -0.39 is 0 Å². The third-order valence-corrected chi connectivity index (χ3v) is 3.94. The van der Waals surface area contributed by atoms with Crippen LogP contribution in [-0.4, -0.2) is 23.0 Å². The van der Waals surface area contributed by atoms with Gasteiger partial charge in [-0.05, 0) is 43.5 Å². The Hall–Kier alpha value is -1.13. The van der Waals surface area contributed by atoms with Gasteiger partial charge in [0.2, 0.25) is 0 Å². The van der Waals surface area contributed by atoms with Crippen molar-refractivity contribution >= 4 is 5.82 Å². The summed E-state index contributed by atoms with van der Waals surface area (Å²) in [6.07, 6.45) is 7.21. The summed E-state index contributed by atoms with van der Waals surface area (Å²) in [5, 5.41) is 0. The monoisotopic (exact) mass is 248 g/mol. The molecule has 1 aliphatic carbocycles. The highest BCUT2D eigenvalue weighted by molar-refractivity contribution is 5.35. The molecule has 1 aliphatic rings. The Balaban J connectivity index is 1.95. The lowest BCUT2D eigenvalue weighted by atomic mass is 9.86. The number of hydrogen-bond donors (Lipinski definition) is 2. The van der Waals surface area contributed by atoms with E-state index >= 15 is 0 Å². The number of hydrogen-bond acceptors (Lipinski definition) is 4. The molecule has 100 valence electrons.